The van der Waals surface area contributed by atoms with Crippen LogP contribution in [0.15, 0.2) is 34.7 Å². The molecule has 0 radical (unpaired) electrons. The van der Waals surface area contributed by atoms with Gasteiger partial charge in [-0.2, -0.15) is 0 Å². The van der Waals surface area contributed by atoms with Crippen molar-refractivity contribution < 1.29 is 4.79 Å². The maximum absolute atomic E-state index is 12.0. The summed E-state index contributed by atoms with van der Waals surface area (Å²) in [6.07, 6.45) is 1.04. The van der Waals surface area contributed by atoms with Crippen molar-refractivity contribution in [3.63, 3.8) is 0 Å². The van der Waals surface area contributed by atoms with Crippen molar-refractivity contribution in [1.82, 2.24) is 15.5 Å². The zero-order valence-electron chi connectivity index (χ0n) is 12.7. The summed E-state index contributed by atoms with van der Waals surface area (Å²) in [4.78, 5) is 12.0. The van der Waals surface area contributed by atoms with E-state index < -0.39 is 0 Å². The summed E-state index contributed by atoms with van der Waals surface area (Å²) < 4.78 is 0.807. The highest BCUT2D eigenvalue weighted by molar-refractivity contribution is 8.01. The van der Waals surface area contributed by atoms with Crippen molar-refractivity contribution in [1.29, 1.82) is 0 Å². The van der Waals surface area contributed by atoms with Crippen LogP contribution in [0.2, 0.25) is 0 Å². The minimum Gasteiger partial charge on any atom is -0.360 e. The van der Waals surface area contributed by atoms with Crippen LogP contribution >= 0.6 is 23.1 Å². The molecule has 0 fully saturated rings. The summed E-state index contributed by atoms with van der Waals surface area (Å²) in [5.74, 6) is 0.346. The second kappa shape index (κ2) is 8.75. The monoisotopic (exact) mass is 336 g/mol. The fourth-order valence-corrected chi connectivity index (χ4v) is 3.40. The largest absolute Gasteiger partial charge is 0.360 e. The molecule has 1 amide bonds. The Labute approximate surface area is 138 Å². The van der Waals surface area contributed by atoms with E-state index in [0.717, 1.165) is 28.0 Å². The third-order valence-electron chi connectivity index (χ3n) is 2.94. The van der Waals surface area contributed by atoms with Gasteiger partial charge in [-0.15, -0.1) is 10.2 Å². The van der Waals surface area contributed by atoms with E-state index >= 15 is 0 Å². The van der Waals surface area contributed by atoms with Crippen LogP contribution in [-0.2, 0) is 4.79 Å². The van der Waals surface area contributed by atoms with Gasteiger partial charge in [0.2, 0.25) is 11.0 Å². The van der Waals surface area contributed by atoms with E-state index in [0.29, 0.717) is 5.75 Å². The first-order chi connectivity index (χ1) is 10.7. The van der Waals surface area contributed by atoms with Gasteiger partial charge in [-0.05, 0) is 18.9 Å². The van der Waals surface area contributed by atoms with Gasteiger partial charge in [-0.25, -0.2) is 0 Å². The molecule has 2 aromatic rings. The molecule has 0 saturated heterocycles. The highest BCUT2D eigenvalue weighted by atomic mass is 32.2. The molecule has 0 spiro atoms. The molecule has 1 atom stereocenters. The third-order valence-corrected chi connectivity index (χ3v) is 4.95. The Kier molecular flexibility index (Phi) is 6.67. The first-order valence-electron chi connectivity index (χ1n) is 7.23. The fraction of sp³-hybridized carbons (Fsp3) is 0.400. The summed E-state index contributed by atoms with van der Waals surface area (Å²) in [7, 11) is 0. The van der Waals surface area contributed by atoms with E-state index in [4.69, 9.17) is 0 Å². The Morgan fingerprint density at radius 2 is 2.09 bits per heavy atom. The summed E-state index contributed by atoms with van der Waals surface area (Å²) in [6.45, 7) is 4.96. The van der Waals surface area contributed by atoms with Gasteiger partial charge in [-0.1, -0.05) is 60.4 Å². The highest BCUT2D eigenvalue weighted by Crippen LogP contribution is 2.25. The van der Waals surface area contributed by atoms with Gasteiger partial charge in [0.25, 0.3) is 0 Å². The zero-order chi connectivity index (χ0) is 15.8. The summed E-state index contributed by atoms with van der Waals surface area (Å²) in [5.41, 5.74) is 1.10. The van der Waals surface area contributed by atoms with E-state index in [1.54, 1.807) is 0 Å². The Morgan fingerprint density at radius 1 is 1.32 bits per heavy atom. The minimum atomic E-state index is -0.000351. The van der Waals surface area contributed by atoms with Crippen LogP contribution < -0.4 is 10.6 Å². The number of rotatable bonds is 8. The lowest BCUT2D eigenvalue weighted by Gasteiger charge is -2.13. The maximum atomic E-state index is 12.0. The Balaban J connectivity index is 1.76. The quantitative estimate of drug-likeness (QED) is 0.724. The topological polar surface area (TPSA) is 66.9 Å². The second-order valence-corrected chi connectivity index (χ2v) is 6.99. The number of hydrogen-bond acceptors (Lipinski definition) is 6. The SMILES string of the molecule is CCCNc1nnc(SCC(=O)NC(C)c2ccccc2)s1. The van der Waals surface area contributed by atoms with E-state index in [-0.39, 0.29) is 11.9 Å². The lowest BCUT2D eigenvalue weighted by molar-refractivity contribution is -0.119. The van der Waals surface area contributed by atoms with Crippen LogP contribution in [0.1, 0.15) is 31.9 Å². The van der Waals surface area contributed by atoms with Crippen LogP contribution in [0, 0.1) is 0 Å². The summed E-state index contributed by atoms with van der Waals surface area (Å²) in [5, 5.41) is 15.1. The number of hydrogen-bond donors (Lipinski definition) is 2. The third kappa shape index (κ3) is 5.31. The number of anilines is 1. The van der Waals surface area contributed by atoms with E-state index in [9.17, 15) is 4.79 Å². The molecule has 0 aliphatic heterocycles. The molecular weight excluding hydrogens is 316 g/mol. The molecule has 2 N–H and O–H groups in total. The predicted octanol–water partition coefficient (Wildman–Crippen LogP) is 3.33. The van der Waals surface area contributed by atoms with Crippen LogP contribution in [0.4, 0.5) is 5.13 Å². The number of benzene rings is 1. The van der Waals surface area contributed by atoms with Gasteiger partial charge in [-0.3, -0.25) is 4.79 Å². The standard InChI is InChI=1S/C15H20N4OS2/c1-3-9-16-14-18-19-15(22-14)21-10-13(20)17-11(2)12-7-5-4-6-8-12/h4-8,11H,3,9-10H2,1-2H3,(H,16,18)(H,17,20). The maximum Gasteiger partial charge on any atom is 0.230 e. The van der Waals surface area contributed by atoms with Gasteiger partial charge >= 0.3 is 0 Å². The van der Waals surface area contributed by atoms with Crippen molar-refractivity contribution in [3.8, 4) is 0 Å². The number of nitrogens with one attached hydrogen (secondary N) is 2. The Hall–Kier alpha value is -1.60. The molecule has 0 saturated carbocycles. The molecule has 1 aromatic heterocycles. The smallest absolute Gasteiger partial charge is 0.230 e. The molecule has 0 aliphatic carbocycles. The zero-order valence-corrected chi connectivity index (χ0v) is 14.3. The molecule has 1 unspecified atom stereocenters. The molecule has 1 heterocycles. The summed E-state index contributed by atoms with van der Waals surface area (Å²) in [6, 6.07) is 9.93. The number of amides is 1. The van der Waals surface area contributed by atoms with Gasteiger partial charge < -0.3 is 10.6 Å². The first-order valence-corrected chi connectivity index (χ1v) is 9.03. The number of carbonyl (C=O) groups is 1. The molecule has 0 aliphatic rings. The lowest BCUT2D eigenvalue weighted by atomic mass is 10.1. The van der Waals surface area contributed by atoms with E-state index in [1.807, 2.05) is 37.3 Å². The Morgan fingerprint density at radius 3 is 2.82 bits per heavy atom. The van der Waals surface area contributed by atoms with Crippen LogP contribution in [0.5, 0.6) is 0 Å². The molecule has 5 nitrogen and oxygen atoms in total. The predicted molar refractivity (Wildman–Crippen MR) is 92.4 cm³/mol. The lowest BCUT2D eigenvalue weighted by Crippen LogP contribution is -2.28. The minimum absolute atomic E-state index is 0.000351. The van der Waals surface area contributed by atoms with Gasteiger partial charge in [0.05, 0.1) is 11.8 Å². The van der Waals surface area contributed by atoms with Crippen LogP contribution in [0.25, 0.3) is 0 Å². The number of carbonyl (C=O) groups excluding carboxylic acids is 1. The molecule has 22 heavy (non-hydrogen) atoms. The Bertz CT molecular complexity index is 588. The molecule has 1 aromatic carbocycles. The number of nitrogens with zero attached hydrogens (tertiary/aromatic N) is 2. The molecule has 7 heteroatoms. The fourth-order valence-electron chi connectivity index (χ4n) is 1.81. The number of aromatic nitrogens is 2. The average Bonchev–Trinajstić information content (AvgIpc) is 2.99. The summed E-state index contributed by atoms with van der Waals surface area (Å²) >= 11 is 2.89. The van der Waals surface area contributed by atoms with Gasteiger partial charge in [0.1, 0.15) is 0 Å². The molecule has 2 rings (SSSR count). The molecule has 118 valence electrons. The van der Waals surface area contributed by atoms with Crippen molar-refractivity contribution in [2.24, 2.45) is 0 Å². The number of thioether (sulfide) groups is 1. The van der Waals surface area contributed by atoms with Crippen molar-refractivity contribution in [2.45, 2.75) is 30.6 Å². The van der Waals surface area contributed by atoms with E-state index in [2.05, 4.69) is 27.8 Å². The second-order valence-electron chi connectivity index (χ2n) is 4.79. The molecule has 0 bridgehead atoms. The highest BCUT2D eigenvalue weighted by Gasteiger charge is 2.11. The van der Waals surface area contributed by atoms with Gasteiger partial charge in [0.15, 0.2) is 4.34 Å². The van der Waals surface area contributed by atoms with Crippen molar-refractivity contribution in [3.05, 3.63) is 35.9 Å². The van der Waals surface area contributed by atoms with E-state index in [1.165, 1.54) is 23.1 Å². The van der Waals surface area contributed by atoms with Crippen molar-refractivity contribution in [2.75, 3.05) is 17.6 Å². The van der Waals surface area contributed by atoms with Crippen LogP contribution in [-0.4, -0.2) is 28.4 Å². The van der Waals surface area contributed by atoms with Gasteiger partial charge in [0, 0.05) is 6.54 Å². The normalized spacial score (nSPS) is 11.9. The molecular formula is C15H20N4OS2. The average molecular weight is 336 g/mol. The van der Waals surface area contributed by atoms with Crippen molar-refractivity contribution >= 4 is 34.1 Å². The van der Waals surface area contributed by atoms with Crippen LogP contribution in [0.3, 0.4) is 0 Å². The first kappa shape index (κ1) is 16.8.